The second-order valence-electron chi connectivity index (χ2n) is 12.0. The maximum atomic E-state index is 14.6. The average molecular weight is 821 g/mol. The van der Waals surface area contributed by atoms with E-state index in [-0.39, 0.29) is 23.5 Å². The third kappa shape index (κ3) is 5.72. The van der Waals surface area contributed by atoms with Gasteiger partial charge in [-0.2, -0.15) is 0 Å². The van der Waals surface area contributed by atoms with Crippen LogP contribution in [0.1, 0.15) is 41.8 Å². The largest absolute Gasteiger partial charge is 0.432 e. The topological polar surface area (TPSA) is 101 Å². The SMILES string of the molecule is C[C@H]1[C@H]([Si](C)(C)O)[C@@H](CCn2cc([C@H](O)c3ccccc3)nn2)O[C@]12C(=O)N(Cc1ccc(I)cc1)c1ccc(I)cc12. The van der Waals surface area contributed by atoms with Crippen LogP contribution in [-0.2, 0) is 28.2 Å². The molecule has 0 unspecified atom stereocenters. The van der Waals surface area contributed by atoms with E-state index in [9.17, 15) is 14.7 Å². The van der Waals surface area contributed by atoms with Gasteiger partial charge in [0.15, 0.2) is 13.9 Å². The number of nitrogens with zero attached hydrogens (tertiary/aromatic N) is 4. The second-order valence-corrected chi connectivity index (χ2v) is 18.5. The molecule has 2 N–H and O–H groups in total. The van der Waals surface area contributed by atoms with Crippen LogP contribution in [0.25, 0.3) is 0 Å². The Morgan fingerprint density at radius 2 is 1.74 bits per heavy atom. The van der Waals surface area contributed by atoms with Gasteiger partial charge in [0.05, 0.1) is 24.5 Å². The molecule has 0 aliphatic carbocycles. The van der Waals surface area contributed by atoms with Gasteiger partial charge in [0, 0.05) is 30.7 Å². The van der Waals surface area contributed by atoms with Crippen LogP contribution in [0.3, 0.4) is 0 Å². The Labute approximate surface area is 279 Å². The van der Waals surface area contributed by atoms with Gasteiger partial charge in [-0.3, -0.25) is 9.48 Å². The molecule has 6 rings (SSSR count). The Balaban J connectivity index is 1.29. The zero-order valence-corrected chi connectivity index (χ0v) is 29.5. The Hall–Kier alpha value is -2.17. The first kappa shape index (κ1) is 30.8. The van der Waals surface area contributed by atoms with Crippen molar-refractivity contribution in [2.75, 3.05) is 4.90 Å². The van der Waals surface area contributed by atoms with Gasteiger partial charge < -0.3 is 19.5 Å². The summed E-state index contributed by atoms with van der Waals surface area (Å²) in [5, 5.41) is 19.3. The number of halogens is 2. The van der Waals surface area contributed by atoms with Crippen molar-refractivity contribution in [2.24, 2.45) is 5.92 Å². The lowest BCUT2D eigenvalue weighted by Gasteiger charge is -2.32. The van der Waals surface area contributed by atoms with Crippen molar-refractivity contribution in [3.05, 3.63) is 109 Å². The molecule has 1 spiro atoms. The van der Waals surface area contributed by atoms with E-state index in [1.165, 1.54) is 0 Å². The highest BCUT2D eigenvalue weighted by Crippen LogP contribution is 2.60. The first-order valence-corrected chi connectivity index (χ1v) is 19.6. The highest BCUT2D eigenvalue weighted by molar-refractivity contribution is 14.1. The van der Waals surface area contributed by atoms with Gasteiger partial charge in [0.2, 0.25) is 0 Å². The number of carbonyl (C=O) groups is 1. The van der Waals surface area contributed by atoms with Crippen LogP contribution in [0.2, 0.25) is 18.6 Å². The molecule has 224 valence electrons. The summed E-state index contributed by atoms with van der Waals surface area (Å²) in [6.07, 6.45) is 1.07. The number of aromatic nitrogens is 3. The highest BCUT2D eigenvalue weighted by atomic mass is 127. The van der Waals surface area contributed by atoms with Gasteiger partial charge in [0.1, 0.15) is 11.8 Å². The summed E-state index contributed by atoms with van der Waals surface area (Å²) in [7, 11) is -2.79. The Morgan fingerprint density at radius 3 is 2.44 bits per heavy atom. The van der Waals surface area contributed by atoms with Crippen LogP contribution >= 0.6 is 45.2 Å². The van der Waals surface area contributed by atoms with Crippen LogP contribution in [0.5, 0.6) is 0 Å². The summed E-state index contributed by atoms with van der Waals surface area (Å²) in [6.45, 7) is 6.86. The molecule has 0 bridgehead atoms. The normalized spacial score (nSPS) is 24.1. The van der Waals surface area contributed by atoms with E-state index in [1.807, 2.05) is 60.5 Å². The number of aliphatic hydroxyl groups is 1. The van der Waals surface area contributed by atoms with Crippen LogP contribution < -0.4 is 4.90 Å². The molecule has 5 atom stereocenters. The fourth-order valence-corrected chi connectivity index (χ4v) is 10.3. The number of aliphatic hydroxyl groups excluding tert-OH is 1. The molecule has 1 fully saturated rings. The minimum absolute atomic E-state index is 0.0738. The van der Waals surface area contributed by atoms with Crippen LogP contribution in [-0.4, -0.2) is 45.2 Å². The molecule has 0 saturated carbocycles. The van der Waals surface area contributed by atoms with Crippen LogP contribution in [0, 0.1) is 13.1 Å². The van der Waals surface area contributed by atoms with Crippen molar-refractivity contribution in [1.29, 1.82) is 0 Å². The van der Waals surface area contributed by atoms with Gasteiger partial charge in [-0.05, 0) is 106 Å². The fourth-order valence-electron chi connectivity index (χ4n) is 6.86. The molecule has 0 radical (unpaired) electrons. The van der Waals surface area contributed by atoms with Crippen LogP contribution in [0.4, 0.5) is 5.69 Å². The average Bonchev–Trinajstić information content (AvgIpc) is 3.64. The lowest BCUT2D eigenvalue weighted by atomic mass is 9.82. The number of hydrogen-bond donors (Lipinski definition) is 2. The van der Waals surface area contributed by atoms with E-state index in [2.05, 4.69) is 92.7 Å². The van der Waals surface area contributed by atoms with E-state index < -0.39 is 20.0 Å². The quantitative estimate of drug-likeness (QED) is 0.167. The predicted molar refractivity (Wildman–Crippen MR) is 184 cm³/mol. The van der Waals surface area contributed by atoms with Crippen molar-refractivity contribution < 1.29 is 19.4 Å². The molecule has 2 aliphatic heterocycles. The monoisotopic (exact) mass is 820 g/mol. The molecule has 4 aromatic rings. The molecular formula is C32H34I2N4O4Si. The summed E-state index contributed by atoms with van der Waals surface area (Å²) in [4.78, 5) is 28.0. The second kappa shape index (κ2) is 12.0. The maximum absolute atomic E-state index is 14.6. The fraction of sp³-hybridized carbons (Fsp3) is 0.344. The van der Waals surface area contributed by atoms with Gasteiger partial charge >= 0.3 is 0 Å². The molecule has 2 aliphatic rings. The number of ether oxygens (including phenoxy) is 1. The van der Waals surface area contributed by atoms with Crippen molar-refractivity contribution in [3.63, 3.8) is 0 Å². The van der Waals surface area contributed by atoms with E-state index >= 15 is 0 Å². The molecule has 1 aromatic heterocycles. The number of aryl methyl sites for hydroxylation is 1. The third-order valence-corrected chi connectivity index (χ3v) is 12.7. The maximum Gasteiger partial charge on any atom is 0.264 e. The molecule has 8 nitrogen and oxygen atoms in total. The molecule has 43 heavy (non-hydrogen) atoms. The molecule has 1 amide bonds. The zero-order valence-electron chi connectivity index (χ0n) is 24.2. The van der Waals surface area contributed by atoms with Gasteiger partial charge in [-0.1, -0.05) is 54.6 Å². The van der Waals surface area contributed by atoms with Crippen LogP contribution in [0.15, 0.2) is 79.0 Å². The summed E-state index contributed by atoms with van der Waals surface area (Å²) in [6, 6.07) is 23.7. The van der Waals surface area contributed by atoms with E-state index in [4.69, 9.17) is 4.74 Å². The van der Waals surface area contributed by atoms with Gasteiger partial charge in [-0.25, -0.2) is 0 Å². The van der Waals surface area contributed by atoms with Crippen molar-refractivity contribution in [1.82, 2.24) is 15.0 Å². The zero-order chi connectivity index (χ0) is 30.5. The van der Waals surface area contributed by atoms with Gasteiger partial charge in [0.25, 0.3) is 5.91 Å². The summed E-state index contributed by atoms with van der Waals surface area (Å²) >= 11 is 4.57. The predicted octanol–water partition coefficient (Wildman–Crippen LogP) is 6.00. The molecule has 11 heteroatoms. The number of anilines is 1. The van der Waals surface area contributed by atoms with Gasteiger partial charge in [-0.15, -0.1) is 5.10 Å². The van der Waals surface area contributed by atoms with E-state index in [0.29, 0.717) is 25.2 Å². The Kier molecular flexibility index (Phi) is 8.58. The number of fused-ring (bicyclic) bond motifs is 2. The van der Waals surface area contributed by atoms with E-state index in [1.54, 1.807) is 10.9 Å². The van der Waals surface area contributed by atoms with E-state index in [0.717, 1.165) is 29.5 Å². The van der Waals surface area contributed by atoms with Crippen molar-refractivity contribution >= 4 is 65.1 Å². The molecule has 1 saturated heterocycles. The number of benzene rings is 3. The number of hydrogen-bond acceptors (Lipinski definition) is 6. The first-order valence-electron chi connectivity index (χ1n) is 14.4. The lowest BCUT2D eigenvalue weighted by Crippen LogP contribution is -2.46. The molecular weight excluding hydrogens is 786 g/mol. The number of carbonyl (C=O) groups excluding carboxylic acids is 1. The molecule has 3 heterocycles. The minimum atomic E-state index is -2.79. The first-order chi connectivity index (χ1) is 20.5. The standard InChI is InChI=1S/C32H34I2N4O4Si/c1-20-30(43(2,3)41)28(15-16-37-19-26(35-36-37)29(39)22-7-5-4-6-8-22)42-32(20)25-17-24(34)13-14-27(25)38(31(32)40)18-21-9-11-23(33)12-10-21/h4-14,17,19-20,28-30,39,41H,15-16,18H2,1-3H3/t20-,28+,29+,30-,32+/m0/s1. The third-order valence-electron chi connectivity index (χ3n) is 8.79. The van der Waals surface area contributed by atoms with Crippen molar-refractivity contribution in [3.8, 4) is 0 Å². The Morgan fingerprint density at radius 1 is 1.05 bits per heavy atom. The molecule has 3 aromatic carbocycles. The lowest BCUT2D eigenvalue weighted by molar-refractivity contribution is -0.146. The minimum Gasteiger partial charge on any atom is -0.432 e. The van der Waals surface area contributed by atoms with Crippen molar-refractivity contribution in [2.45, 2.75) is 62.9 Å². The summed E-state index contributed by atoms with van der Waals surface area (Å²) in [5.74, 6) is -0.308. The number of rotatable bonds is 8. The Bertz CT molecular complexity index is 1630. The number of amides is 1. The summed E-state index contributed by atoms with van der Waals surface area (Å²) in [5.41, 5.74) is 2.64. The smallest absolute Gasteiger partial charge is 0.264 e. The summed E-state index contributed by atoms with van der Waals surface area (Å²) < 4.78 is 10.8. The highest BCUT2D eigenvalue weighted by Gasteiger charge is 2.66.